The minimum absolute atomic E-state index is 0.0540. The second-order valence-electron chi connectivity index (χ2n) is 4.69. The molecule has 0 bridgehead atoms. The topological polar surface area (TPSA) is 58.6 Å². The summed E-state index contributed by atoms with van der Waals surface area (Å²) in [7, 11) is 0. The van der Waals surface area contributed by atoms with Gasteiger partial charge in [-0.25, -0.2) is 4.79 Å². The van der Waals surface area contributed by atoms with Gasteiger partial charge >= 0.3 is 6.09 Å². The van der Waals surface area contributed by atoms with Crippen molar-refractivity contribution in [2.45, 2.75) is 31.9 Å². The van der Waals surface area contributed by atoms with Gasteiger partial charge in [0, 0.05) is 18.6 Å². The molecule has 0 saturated heterocycles. The highest BCUT2D eigenvalue weighted by molar-refractivity contribution is 5.67. The van der Waals surface area contributed by atoms with Crippen molar-refractivity contribution >= 4 is 6.09 Å². The van der Waals surface area contributed by atoms with E-state index < -0.39 is 6.09 Å². The van der Waals surface area contributed by atoms with Gasteiger partial charge in [-0.3, -0.25) is 0 Å². The van der Waals surface area contributed by atoms with E-state index in [4.69, 9.17) is 9.84 Å². The molecule has 2 atom stereocenters. The molecule has 0 spiro atoms. The minimum atomic E-state index is -0.399. The van der Waals surface area contributed by atoms with Gasteiger partial charge in [0.1, 0.15) is 6.61 Å². The van der Waals surface area contributed by atoms with Crippen molar-refractivity contribution in [3.05, 3.63) is 35.9 Å². The number of hydrogen-bond acceptors (Lipinski definition) is 3. The fraction of sp³-hybridized carbons (Fsp3) is 0.500. The number of alkyl carbamates (subject to hydrolysis) is 1. The first-order valence-corrected chi connectivity index (χ1v) is 6.37. The van der Waals surface area contributed by atoms with Gasteiger partial charge in [-0.15, -0.1) is 0 Å². The zero-order valence-electron chi connectivity index (χ0n) is 10.3. The van der Waals surface area contributed by atoms with Gasteiger partial charge in [0.15, 0.2) is 0 Å². The van der Waals surface area contributed by atoms with E-state index in [1.807, 2.05) is 30.3 Å². The average Bonchev–Trinajstić information content (AvgIpc) is 2.85. The Labute approximate surface area is 107 Å². The van der Waals surface area contributed by atoms with Crippen molar-refractivity contribution < 1.29 is 14.6 Å². The number of aliphatic hydroxyl groups is 1. The van der Waals surface area contributed by atoms with E-state index in [2.05, 4.69) is 5.32 Å². The second-order valence-corrected chi connectivity index (χ2v) is 4.69. The summed E-state index contributed by atoms with van der Waals surface area (Å²) in [5.41, 5.74) is 0.970. The highest BCUT2D eigenvalue weighted by atomic mass is 16.5. The highest BCUT2D eigenvalue weighted by Crippen LogP contribution is 2.25. The molecule has 4 heteroatoms. The zero-order chi connectivity index (χ0) is 12.8. The van der Waals surface area contributed by atoms with E-state index in [9.17, 15) is 4.79 Å². The molecule has 98 valence electrons. The van der Waals surface area contributed by atoms with Crippen LogP contribution in [0.5, 0.6) is 0 Å². The first kappa shape index (κ1) is 12.9. The Morgan fingerprint density at radius 3 is 2.83 bits per heavy atom. The van der Waals surface area contributed by atoms with Crippen LogP contribution in [0.2, 0.25) is 0 Å². The lowest BCUT2D eigenvalue weighted by Crippen LogP contribution is -2.38. The Balaban J connectivity index is 1.75. The molecular formula is C14H19NO3. The lowest BCUT2D eigenvalue weighted by molar-refractivity contribution is 0.128. The molecule has 0 radical (unpaired) electrons. The van der Waals surface area contributed by atoms with E-state index >= 15 is 0 Å². The summed E-state index contributed by atoms with van der Waals surface area (Å²) >= 11 is 0. The summed E-state index contributed by atoms with van der Waals surface area (Å²) in [5, 5.41) is 12.0. The van der Waals surface area contributed by atoms with Crippen molar-refractivity contribution in [1.82, 2.24) is 5.32 Å². The molecular weight excluding hydrogens is 230 g/mol. The van der Waals surface area contributed by atoms with Crippen LogP contribution < -0.4 is 5.32 Å². The van der Waals surface area contributed by atoms with E-state index in [-0.39, 0.29) is 25.2 Å². The van der Waals surface area contributed by atoms with Crippen LogP contribution in [0.25, 0.3) is 0 Å². The van der Waals surface area contributed by atoms with Gasteiger partial charge in [0.2, 0.25) is 0 Å². The first-order chi connectivity index (χ1) is 8.79. The summed E-state index contributed by atoms with van der Waals surface area (Å²) in [4.78, 5) is 11.6. The van der Waals surface area contributed by atoms with E-state index in [1.165, 1.54) is 0 Å². The molecule has 1 aliphatic rings. The summed E-state index contributed by atoms with van der Waals surface area (Å²) in [6.07, 6.45) is 2.55. The molecule has 0 aromatic heterocycles. The Bertz CT molecular complexity index is 380. The lowest BCUT2D eigenvalue weighted by Gasteiger charge is -2.18. The number of aliphatic hydroxyl groups excluding tert-OH is 1. The van der Waals surface area contributed by atoms with Crippen LogP contribution in [-0.2, 0) is 11.3 Å². The molecule has 1 aromatic rings. The van der Waals surface area contributed by atoms with Gasteiger partial charge in [-0.1, -0.05) is 36.8 Å². The standard InChI is InChI=1S/C14H19NO3/c16-9-12-7-4-8-13(12)15-14(17)18-10-11-5-2-1-3-6-11/h1-3,5-6,12-13,16H,4,7-10H2,(H,15,17)/t12-,13+/m1/s1. The number of carbonyl (C=O) groups is 1. The Morgan fingerprint density at radius 2 is 2.11 bits per heavy atom. The largest absolute Gasteiger partial charge is 0.445 e. The van der Waals surface area contributed by atoms with Crippen molar-refractivity contribution in [3.8, 4) is 0 Å². The summed E-state index contributed by atoms with van der Waals surface area (Å²) in [6, 6.07) is 9.63. The average molecular weight is 249 g/mol. The van der Waals surface area contributed by atoms with Crippen LogP contribution >= 0.6 is 0 Å². The third-order valence-corrected chi connectivity index (χ3v) is 3.41. The number of rotatable bonds is 4. The van der Waals surface area contributed by atoms with Gasteiger partial charge < -0.3 is 15.2 Å². The third-order valence-electron chi connectivity index (χ3n) is 3.41. The predicted molar refractivity (Wildman–Crippen MR) is 68.0 cm³/mol. The highest BCUT2D eigenvalue weighted by Gasteiger charge is 2.28. The summed E-state index contributed by atoms with van der Waals surface area (Å²) < 4.78 is 5.15. The molecule has 2 rings (SSSR count). The lowest BCUT2D eigenvalue weighted by atomic mass is 10.1. The Hall–Kier alpha value is -1.55. The van der Waals surface area contributed by atoms with Crippen molar-refractivity contribution in [3.63, 3.8) is 0 Å². The number of amides is 1. The number of benzene rings is 1. The first-order valence-electron chi connectivity index (χ1n) is 6.37. The number of ether oxygens (including phenoxy) is 1. The molecule has 1 fully saturated rings. The van der Waals surface area contributed by atoms with Crippen LogP contribution in [0, 0.1) is 5.92 Å². The van der Waals surface area contributed by atoms with Crippen LogP contribution in [0.4, 0.5) is 4.79 Å². The molecule has 0 aliphatic heterocycles. The van der Waals surface area contributed by atoms with Gasteiger partial charge in [0.25, 0.3) is 0 Å². The zero-order valence-corrected chi connectivity index (χ0v) is 10.3. The van der Waals surface area contributed by atoms with Gasteiger partial charge in [-0.05, 0) is 18.4 Å². The molecule has 2 N–H and O–H groups in total. The van der Waals surface area contributed by atoms with Crippen molar-refractivity contribution in [2.24, 2.45) is 5.92 Å². The Morgan fingerprint density at radius 1 is 1.33 bits per heavy atom. The fourth-order valence-electron chi connectivity index (χ4n) is 2.36. The quantitative estimate of drug-likeness (QED) is 0.859. The van der Waals surface area contributed by atoms with Gasteiger partial charge in [-0.2, -0.15) is 0 Å². The second kappa shape index (κ2) is 6.40. The van der Waals surface area contributed by atoms with E-state index in [0.29, 0.717) is 0 Å². The smallest absolute Gasteiger partial charge is 0.407 e. The maximum atomic E-state index is 11.6. The third kappa shape index (κ3) is 3.47. The van der Waals surface area contributed by atoms with Gasteiger partial charge in [0.05, 0.1) is 0 Å². The maximum Gasteiger partial charge on any atom is 0.407 e. The minimum Gasteiger partial charge on any atom is -0.445 e. The van der Waals surface area contributed by atoms with Crippen molar-refractivity contribution in [1.29, 1.82) is 0 Å². The molecule has 0 unspecified atom stereocenters. The number of nitrogens with one attached hydrogen (secondary N) is 1. The monoisotopic (exact) mass is 249 g/mol. The molecule has 18 heavy (non-hydrogen) atoms. The van der Waals surface area contributed by atoms with Crippen LogP contribution in [0.3, 0.4) is 0 Å². The van der Waals surface area contributed by atoms with Crippen LogP contribution in [0.15, 0.2) is 30.3 Å². The van der Waals surface area contributed by atoms with Crippen molar-refractivity contribution in [2.75, 3.05) is 6.61 Å². The van der Waals surface area contributed by atoms with Crippen LogP contribution in [-0.4, -0.2) is 23.8 Å². The molecule has 0 heterocycles. The Kier molecular flexibility index (Phi) is 4.59. The number of hydrogen-bond donors (Lipinski definition) is 2. The van der Waals surface area contributed by atoms with E-state index in [1.54, 1.807) is 0 Å². The summed E-state index contributed by atoms with van der Waals surface area (Å²) in [6.45, 7) is 0.410. The molecule has 4 nitrogen and oxygen atoms in total. The normalized spacial score (nSPS) is 22.7. The van der Waals surface area contributed by atoms with E-state index in [0.717, 1.165) is 24.8 Å². The fourth-order valence-corrected chi connectivity index (χ4v) is 2.36. The number of carbonyl (C=O) groups excluding carboxylic acids is 1. The molecule has 1 amide bonds. The SMILES string of the molecule is O=C(N[C@H]1CCC[C@@H]1CO)OCc1ccccc1. The maximum absolute atomic E-state index is 11.6. The molecule has 1 aromatic carbocycles. The summed E-state index contributed by atoms with van der Waals surface area (Å²) in [5.74, 6) is 0.175. The molecule has 1 aliphatic carbocycles. The predicted octanol–water partition coefficient (Wildman–Crippen LogP) is 2.07. The van der Waals surface area contributed by atoms with Crippen LogP contribution in [0.1, 0.15) is 24.8 Å². The molecule has 1 saturated carbocycles.